The van der Waals surface area contributed by atoms with Crippen molar-refractivity contribution in [3.63, 3.8) is 0 Å². The number of hydrogen-bond donors (Lipinski definition) is 1. The van der Waals surface area contributed by atoms with Crippen LogP contribution >= 0.6 is 0 Å². The number of nitriles is 1. The Balaban J connectivity index is 2.30. The monoisotopic (exact) mass is 289 g/mol. The molecule has 0 spiro atoms. The van der Waals surface area contributed by atoms with Crippen LogP contribution in [0.4, 0.5) is 5.82 Å². The van der Waals surface area contributed by atoms with Crippen LogP contribution in [-0.2, 0) is 0 Å². The van der Waals surface area contributed by atoms with Gasteiger partial charge in [-0.15, -0.1) is 0 Å². The number of furan rings is 1. The number of benzene rings is 1. The molecule has 1 aromatic carbocycles. The van der Waals surface area contributed by atoms with Crippen molar-refractivity contribution in [2.24, 2.45) is 0 Å². The van der Waals surface area contributed by atoms with Crippen molar-refractivity contribution in [2.75, 3.05) is 5.73 Å². The van der Waals surface area contributed by atoms with E-state index in [2.05, 4.69) is 11.1 Å². The molecule has 2 aromatic heterocycles. The fourth-order valence-corrected chi connectivity index (χ4v) is 2.53. The summed E-state index contributed by atoms with van der Waals surface area (Å²) in [5.74, 6) is 0.839. The van der Waals surface area contributed by atoms with Crippen molar-refractivity contribution in [3.05, 3.63) is 59.4 Å². The third kappa shape index (κ3) is 2.23. The van der Waals surface area contributed by atoms with Crippen LogP contribution in [-0.4, -0.2) is 4.98 Å². The molecule has 3 aromatic rings. The van der Waals surface area contributed by atoms with Crippen molar-refractivity contribution in [1.29, 1.82) is 5.26 Å². The number of anilines is 1. The highest BCUT2D eigenvalue weighted by molar-refractivity contribution is 5.82. The maximum atomic E-state index is 9.41. The van der Waals surface area contributed by atoms with E-state index in [0.29, 0.717) is 16.9 Å². The molecule has 2 N–H and O–H groups in total. The Morgan fingerprint density at radius 1 is 1.14 bits per heavy atom. The number of pyridine rings is 1. The first-order chi connectivity index (χ1) is 10.6. The van der Waals surface area contributed by atoms with Gasteiger partial charge >= 0.3 is 0 Å². The van der Waals surface area contributed by atoms with Gasteiger partial charge in [0.15, 0.2) is 0 Å². The smallest absolute Gasteiger partial charge is 0.142 e. The number of nitrogens with two attached hydrogens (primary N) is 1. The number of nitrogens with zero attached hydrogens (tertiary/aromatic N) is 2. The van der Waals surface area contributed by atoms with Crippen molar-refractivity contribution in [1.82, 2.24) is 4.98 Å². The van der Waals surface area contributed by atoms with Crippen LogP contribution in [0.2, 0.25) is 0 Å². The minimum Gasteiger partial charge on any atom is -0.464 e. The molecule has 0 aliphatic rings. The van der Waals surface area contributed by atoms with E-state index in [9.17, 15) is 5.26 Å². The predicted molar refractivity (Wildman–Crippen MR) is 86.0 cm³/mol. The highest BCUT2D eigenvalue weighted by Crippen LogP contribution is 2.35. The summed E-state index contributed by atoms with van der Waals surface area (Å²) < 4.78 is 5.47. The van der Waals surface area contributed by atoms with Crippen LogP contribution in [0.25, 0.3) is 22.6 Å². The normalized spacial score (nSPS) is 10.4. The quantitative estimate of drug-likeness (QED) is 0.771. The SMILES string of the molecule is Cc1ccc(-c2nc(N)c(C#N)c(-c3ccco3)c2C)cc1. The summed E-state index contributed by atoms with van der Waals surface area (Å²) in [6.45, 7) is 3.96. The van der Waals surface area contributed by atoms with Gasteiger partial charge < -0.3 is 10.2 Å². The van der Waals surface area contributed by atoms with Crippen LogP contribution in [0.15, 0.2) is 47.1 Å². The summed E-state index contributed by atoms with van der Waals surface area (Å²) in [4.78, 5) is 4.43. The average Bonchev–Trinajstić information content (AvgIpc) is 3.03. The third-order valence-electron chi connectivity index (χ3n) is 3.67. The maximum absolute atomic E-state index is 9.41. The minimum absolute atomic E-state index is 0.218. The molecule has 4 nitrogen and oxygen atoms in total. The van der Waals surface area contributed by atoms with E-state index < -0.39 is 0 Å². The van der Waals surface area contributed by atoms with Gasteiger partial charge in [-0.05, 0) is 31.5 Å². The van der Waals surface area contributed by atoms with E-state index in [0.717, 1.165) is 16.8 Å². The molecular formula is C18H15N3O. The summed E-state index contributed by atoms with van der Waals surface area (Å²) in [6.07, 6.45) is 1.58. The molecule has 0 atom stereocenters. The van der Waals surface area contributed by atoms with Crippen molar-refractivity contribution >= 4 is 5.82 Å². The van der Waals surface area contributed by atoms with Crippen molar-refractivity contribution in [3.8, 4) is 28.7 Å². The number of hydrogen-bond acceptors (Lipinski definition) is 4. The van der Waals surface area contributed by atoms with Gasteiger partial charge in [-0.3, -0.25) is 0 Å². The van der Waals surface area contributed by atoms with Gasteiger partial charge in [0.1, 0.15) is 23.2 Å². The zero-order valence-electron chi connectivity index (χ0n) is 12.4. The fraction of sp³-hybridized carbons (Fsp3) is 0.111. The molecule has 0 radical (unpaired) electrons. The van der Waals surface area contributed by atoms with E-state index in [-0.39, 0.29) is 5.82 Å². The highest BCUT2D eigenvalue weighted by atomic mass is 16.3. The number of nitrogen functional groups attached to an aromatic ring is 1. The van der Waals surface area contributed by atoms with E-state index in [1.807, 2.05) is 44.2 Å². The van der Waals surface area contributed by atoms with Gasteiger partial charge in [0.25, 0.3) is 0 Å². The summed E-state index contributed by atoms with van der Waals surface area (Å²) in [7, 11) is 0. The largest absolute Gasteiger partial charge is 0.464 e. The Morgan fingerprint density at radius 3 is 2.45 bits per heavy atom. The molecule has 108 valence electrons. The van der Waals surface area contributed by atoms with Gasteiger partial charge in [0.2, 0.25) is 0 Å². The van der Waals surface area contributed by atoms with Crippen molar-refractivity contribution < 1.29 is 4.42 Å². The lowest BCUT2D eigenvalue weighted by Crippen LogP contribution is -2.02. The van der Waals surface area contributed by atoms with Gasteiger partial charge in [-0.25, -0.2) is 4.98 Å². The summed E-state index contributed by atoms with van der Waals surface area (Å²) >= 11 is 0. The molecule has 0 bridgehead atoms. The Bertz CT molecular complexity index is 857. The van der Waals surface area contributed by atoms with Crippen molar-refractivity contribution in [2.45, 2.75) is 13.8 Å². The van der Waals surface area contributed by atoms with Gasteiger partial charge in [0.05, 0.1) is 12.0 Å². The van der Waals surface area contributed by atoms with Crippen LogP contribution in [0.5, 0.6) is 0 Å². The molecule has 0 saturated carbocycles. The lowest BCUT2D eigenvalue weighted by molar-refractivity contribution is 0.581. The Hall–Kier alpha value is -3.06. The Kier molecular flexibility index (Phi) is 3.40. The van der Waals surface area contributed by atoms with Crippen LogP contribution in [0.3, 0.4) is 0 Å². The second-order valence-electron chi connectivity index (χ2n) is 5.18. The van der Waals surface area contributed by atoms with Gasteiger partial charge in [-0.1, -0.05) is 29.8 Å². The second kappa shape index (κ2) is 5.38. The topological polar surface area (TPSA) is 75.8 Å². The first-order valence-electron chi connectivity index (χ1n) is 6.93. The van der Waals surface area contributed by atoms with E-state index in [1.54, 1.807) is 12.3 Å². The van der Waals surface area contributed by atoms with Gasteiger partial charge in [0, 0.05) is 11.1 Å². The zero-order valence-corrected chi connectivity index (χ0v) is 12.4. The lowest BCUT2D eigenvalue weighted by Gasteiger charge is -2.13. The number of aryl methyl sites for hydroxylation is 1. The van der Waals surface area contributed by atoms with Crippen LogP contribution in [0, 0.1) is 25.2 Å². The standard InChI is InChI=1S/C18H15N3O/c1-11-5-7-13(8-6-11)17-12(2)16(15-4-3-9-22-15)14(10-19)18(20)21-17/h3-9H,1-2H3,(H2,20,21). The summed E-state index contributed by atoms with van der Waals surface area (Å²) in [6, 6.07) is 13.8. The molecule has 2 heterocycles. The molecule has 0 aliphatic heterocycles. The predicted octanol–water partition coefficient (Wildman–Crippen LogP) is 4.08. The number of rotatable bonds is 2. The molecule has 0 aliphatic carbocycles. The number of aromatic nitrogens is 1. The lowest BCUT2D eigenvalue weighted by atomic mass is 9.96. The molecular weight excluding hydrogens is 274 g/mol. The summed E-state index contributed by atoms with van der Waals surface area (Å²) in [5.41, 5.74) is 10.8. The first kappa shape index (κ1) is 13.9. The average molecular weight is 289 g/mol. The maximum Gasteiger partial charge on any atom is 0.142 e. The Morgan fingerprint density at radius 2 is 1.86 bits per heavy atom. The Labute approximate surface area is 128 Å². The summed E-state index contributed by atoms with van der Waals surface area (Å²) in [5, 5.41) is 9.41. The fourth-order valence-electron chi connectivity index (χ4n) is 2.53. The molecule has 0 unspecified atom stereocenters. The third-order valence-corrected chi connectivity index (χ3v) is 3.67. The van der Waals surface area contributed by atoms with Crippen LogP contribution < -0.4 is 5.73 Å². The van der Waals surface area contributed by atoms with E-state index in [1.165, 1.54) is 5.56 Å². The molecule has 4 heteroatoms. The minimum atomic E-state index is 0.218. The molecule has 3 rings (SSSR count). The highest BCUT2D eigenvalue weighted by Gasteiger charge is 2.19. The first-order valence-corrected chi connectivity index (χ1v) is 6.93. The zero-order chi connectivity index (χ0) is 15.7. The molecule has 22 heavy (non-hydrogen) atoms. The van der Waals surface area contributed by atoms with Gasteiger partial charge in [-0.2, -0.15) is 5.26 Å². The van der Waals surface area contributed by atoms with E-state index in [4.69, 9.17) is 10.2 Å². The molecule has 0 amide bonds. The molecule has 0 fully saturated rings. The molecule has 0 saturated heterocycles. The van der Waals surface area contributed by atoms with E-state index >= 15 is 0 Å². The van der Waals surface area contributed by atoms with Crippen LogP contribution in [0.1, 0.15) is 16.7 Å². The second-order valence-corrected chi connectivity index (χ2v) is 5.18.